The number of fused-ring (bicyclic) bond motifs is 3. The highest BCUT2D eigenvalue weighted by atomic mass is 19.2. The molecule has 10 heteroatoms. The van der Waals surface area contributed by atoms with Gasteiger partial charge in [0.25, 0.3) is 5.56 Å². The molecule has 0 saturated heterocycles. The average Bonchev–Trinajstić information content (AvgIpc) is 3.07. The van der Waals surface area contributed by atoms with Gasteiger partial charge in [-0.15, -0.1) is 0 Å². The summed E-state index contributed by atoms with van der Waals surface area (Å²) in [5.41, 5.74) is -1.33. The van der Waals surface area contributed by atoms with Crippen molar-refractivity contribution in [2.75, 3.05) is 19.0 Å². The Morgan fingerprint density at radius 3 is 2.38 bits per heavy atom. The van der Waals surface area contributed by atoms with Gasteiger partial charge in [-0.2, -0.15) is 9.78 Å². The Morgan fingerprint density at radius 2 is 1.72 bits per heavy atom. The summed E-state index contributed by atoms with van der Waals surface area (Å²) in [4.78, 5) is 20.6. The van der Waals surface area contributed by atoms with Crippen LogP contribution in [0.1, 0.15) is 5.56 Å². The Balaban J connectivity index is 1.84. The maximum atomic E-state index is 14.3. The summed E-state index contributed by atoms with van der Waals surface area (Å²) in [5, 5.41) is 4.36. The summed E-state index contributed by atoms with van der Waals surface area (Å²) in [6.07, 6.45) is 1.59. The molecule has 1 N–H and O–H groups in total. The summed E-state index contributed by atoms with van der Waals surface area (Å²) >= 11 is 0. The fraction of sp³-hybridized carbons (Fsp3) is 0.105. The van der Waals surface area contributed by atoms with Crippen LogP contribution in [-0.4, -0.2) is 35.0 Å². The highest BCUT2D eigenvalue weighted by Gasteiger charge is 2.25. The first-order chi connectivity index (χ1) is 13.8. The van der Waals surface area contributed by atoms with Crippen molar-refractivity contribution in [3.63, 3.8) is 0 Å². The van der Waals surface area contributed by atoms with Crippen LogP contribution in [0.5, 0.6) is 0 Å². The van der Waals surface area contributed by atoms with Crippen LogP contribution in [0.25, 0.3) is 21.9 Å². The van der Waals surface area contributed by atoms with E-state index in [2.05, 4.69) is 15.1 Å². The highest BCUT2D eigenvalue weighted by Crippen LogP contribution is 2.29. The minimum Gasteiger partial charge on any atom is -0.373 e. The van der Waals surface area contributed by atoms with Crippen LogP contribution < -0.4 is 10.5 Å². The van der Waals surface area contributed by atoms with Gasteiger partial charge in [-0.1, -0.05) is 18.2 Å². The lowest BCUT2D eigenvalue weighted by Gasteiger charge is -2.16. The van der Waals surface area contributed by atoms with E-state index >= 15 is 0 Å². The van der Waals surface area contributed by atoms with Gasteiger partial charge in [-0.25, -0.2) is 22.5 Å². The van der Waals surface area contributed by atoms with Crippen LogP contribution in [-0.2, 0) is 0 Å². The monoisotopic (exact) mass is 403 g/mol. The Hall–Kier alpha value is -3.69. The molecule has 0 bridgehead atoms. The van der Waals surface area contributed by atoms with E-state index in [0.29, 0.717) is 21.9 Å². The largest absolute Gasteiger partial charge is 0.373 e. The molecule has 0 aliphatic heterocycles. The lowest BCUT2D eigenvalue weighted by molar-refractivity contribution is 0.453. The summed E-state index contributed by atoms with van der Waals surface area (Å²) in [6.45, 7) is 0. The molecule has 148 valence electrons. The first-order valence-electron chi connectivity index (χ1n) is 8.37. The second-order valence-electron chi connectivity index (χ2n) is 6.45. The van der Waals surface area contributed by atoms with Crippen molar-refractivity contribution in [2.24, 2.45) is 5.10 Å². The molecule has 0 atom stereocenters. The smallest absolute Gasteiger partial charge is 0.298 e. The maximum absolute atomic E-state index is 14.3. The van der Waals surface area contributed by atoms with Crippen LogP contribution >= 0.6 is 0 Å². The second kappa shape index (κ2) is 6.73. The standard InChI is InChI=1S/C19H13F4N5O/c1-27(2)18-14(22)12(20)10(13(21)15(18)23)7-25-28-8-24-16-9-5-3-4-6-11(9)26-17(16)19(28)29/h3-8,26H,1-2H3/b25-7-. The topological polar surface area (TPSA) is 66.3 Å². The molecule has 0 spiro atoms. The number of hydrogen-bond donors (Lipinski definition) is 1. The van der Waals surface area contributed by atoms with Crippen LogP contribution in [0.3, 0.4) is 0 Å². The number of hydrogen-bond acceptors (Lipinski definition) is 4. The molecule has 29 heavy (non-hydrogen) atoms. The Labute approximate surface area is 160 Å². The SMILES string of the molecule is CN(C)c1c(F)c(F)c(/C=N\n2cnc3c([nH]c4ccccc43)c2=O)c(F)c1F. The minimum atomic E-state index is -1.62. The minimum absolute atomic E-state index is 0.132. The van der Waals surface area contributed by atoms with Crippen molar-refractivity contribution in [3.8, 4) is 0 Å². The van der Waals surface area contributed by atoms with Gasteiger partial charge in [0.2, 0.25) is 0 Å². The molecular weight excluding hydrogens is 390 g/mol. The van der Waals surface area contributed by atoms with E-state index < -0.39 is 40.1 Å². The van der Waals surface area contributed by atoms with Crippen molar-refractivity contribution in [1.29, 1.82) is 0 Å². The van der Waals surface area contributed by atoms with Crippen molar-refractivity contribution in [1.82, 2.24) is 14.6 Å². The molecule has 0 aliphatic rings. The molecule has 2 aromatic carbocycles. The van der Waals surface area contributed by atoms with Gasteiger partial charge in [0.05, 0.1) is 11.8 Å². The summed E-state index contributed by atoms with van der Waals surface area (Å²) in [5.74, 6) is -6.37. The summed E-state index contributed by atoms with van der Waals surface area (Å²) < 4.78 is 57.4. The second-order valence-corrected chi connectivity index (χ2v) is 6.45. The number of rotatable bonds is 3. The number of nitrogens with zero attached hydrogens (tertiary/aromatic N) is 4. The predicted molar refractivity (Wildman–Crippen MR) is 101 cm³/mol. The number of H-pyrrole nitrogens is 1. The number of aromatic nitrogens is 3. The fourth-order valence-electron chi connectivity index (χ4n) is 3.04. The number of aromatic amines is 1. The average molecular weight is 403 g/mol. The van der Waals surface area contributed by atoms with E-state index in [0.717, 1.165) is 16.6 Å². The van der Waals surface area contributed by atoms with E-state index in [4.69, 9.17) is 0 Å². The third-order valence-electron chi connectivity index (χ3n) is 4.43. The lowest BCUT2D eigenvalue weighted by atomic mass is 10.1. The maximum Gasteiger partial charge on any atom is 0.298 e. The lowest BCUT2D eigenvalue weighted by Crippen LogP contribution is -2.19. The van der Waals surface area contributed by atoms with Gasteiger partial charge >= 0.3 is 0 Å². The molecule has 0 fully saturated rings. The first-order valence-corrected chi connectivity index (χ1v) is 8.37. The molecule has 0 saturated carbocycles. The van der Waals surface area contributed by atoms with Gasteiger partial charge in [-0.3, -0.25) is 4.79 Å². The molecular formula is C19H13F4N5O. The third kappa shape index (κ3) is 2.84. The molecule has 0 unspecified atom stereocenters. The Morgan fingerprint density at radius 1 is 1.07 bits per heavy atom. The third-order valence-corrected chi connectivity index (χ3v) is 4.43. The van der Waals surface area contributed by atoms with Crippen molar-refractivity contribution >= 4 is 33.8 Å². The number of para-hydroxylation sites is 1. The number of anilines is 1. The van der Waals surface area contributed by atoms with Gasteiger partial charge in [0.15, 0.2) is 23.3 Å². The van der Waals surface area contributed by atoms with E-state index in [1.807, 2.05) is 0 Å². The molecule has 0 aliphatic carbocycles. The van der Waals surface area contributed by atoms with E-state index in [1.54, 1.807) is 24.3 Å². The first kappa shape index (κ1) is 18.7. The molecule has 4 rings (SSSR count). The van der Waals surface area contributed by atoms with E-state index in [1.165, 1.54) is 14.1 Å². The molecule has 2 heterocycles. The predicted octanol–water partition coefficient (Wildman–Crippen LogP) is 3.38. The van der Waals surface area contributed by atoms with E-state index in [9.17, 15) is 22.4 Å². The van der Waals surface area contributed by atoms with Gasteiger partial charge in [-0.05, 0) is 6.07 Å². The normalized spacial score (nSPS) is 11.8. The number of nitrogens with one attached hydrogen (secondary N) is 1. The zero-order valence-electron chi connectivity index (χ0n) is 15.2. The van der Waals surface area contributed by atoms with Crippen LogP contribution in [0.2, 0.25) is 0 Å². The number of halogens is 4. The van der Waals surface area contributed by atoms with Gasteiger partial charge in [0.1, 0.15) is 23.0 Å². The number of benzene rings is 2. The molecule has 4 aromatic rings. The van der Waals surface area contributed by atoms with Crippen LogP contribution in [0.15, 0.2) is 40.5 Å². The van der Waals surface area contributed by atoms with Gasteiger partial charge in [0, 0.05) is 25.0 Å². The quantitative estimate of drug-likeness (QED) is 0.324. The molecule has 0 amide bonds. The molecule has 6 nitrogen and oxygen atoms in total. The highest BCUT2D eigenvalue weighted by molar-refractivity contribution is 6.04. The van der Waals surface area contributed by atoms with Crippen molar-refractivity contribution in [2.45, 2.75) is 0 Å². The zero-order valence-corrected chi connectivity index (χ0v) is 15.2. The zero-order chi connectivity index (χ0) is 20.9. The van der Waals surface area contributed by atoms with Crippen LogP contribution in [0.4, 0.5) is 23.2 Å². The molecule has 2 aromatic heterocycles. The summed E-state index contributed by atoms with van der Waals surface area (Å²) in [7, 11) is 2.49. The van der Waals surface area contributed by atoms with Crippen molar-refractivity contribution in [3.05, 3.63) is 69.8 Å². The van der Waals surface area contributed by atoms with Gasteiger partial charge < -0.3 is 9.88 Å². The van der Waals surface area contributed by atoms with E-state index in [-0.39, 0.29) is 5.52 Å². The Kier molecular flexibility index (Phi) is 4.33. The summed E-state index contributed by atoms with van der Waals surface area (Å²) in [6, 6.07) is 7.09. The van der Waals surface area contributed by atoms with Crippen molar-refractivity contribution < 1.29 is 17.6 Å². The van der Waals surface area contributed by atoms with Crippen LogP contribution in [0, 0.1) is 23.3 Å². The fourth-order valence-corrected chi connectivity index (χ4v) is 3.04. The Bertz CT molecular complexity index is 1330. The molecule has 0 radical (unpaired) electrons.